The Labute approximate surface area is 691 Å². The van der Waals surface area contributed by atoms with Gasteiger partial charge in [0.2, 0.25) is 65.0 Å². The van der Waals surface area contributed by atoms with Crippen molar-refractivity contribution in [2.24, 2.45) is 5.92 Å². The summed E-state index contributed by atoms with van der Waals surface area (Å²) in [5, 5.41) is 129. The summed E-state index contributed by atoms with van der Waals surface area (Å²) >= 11 is 0. The third kappa shape index (κ3) is 42.3. The van der Waals surface area contributed by atoms with Gasteiger partial charge < -0.3 is 147 Å². The fourth-order valence-corrected chi connectivity index (χ4v) is 13.9. The minimum atomic E-state index is -1.46. The van der Waals surface area contributed by atoms with E-state index in [1.54, 1.807) is 4.90 Å². The first-order valence-corrected chi connectivity index (χ1v) is 42.1. The molecule has 40 nitrogen and oxygen atoms in total. The zero-order chi connectivity index (χ0) is 86.6. The number of hydrogen-bond donors (Lipinski definition) is 20. The van der Waals surface area contributed by atoms with Gasteiger partial charge in [-0.2, -0.15) is 0 Å². The maximum Gasteiger partial charge on any atom is 0.222 e. The second kappa shape index (κ2) is 60.0. The summed E-state index contributed by atoms with van der Waals surface area (Å²) in [7, 11) is 0. The van der Waals surface area contributed by atoms with Gasteiger partial charge >= 0.3 is 0 Å². The fourth-order valence-electron chi connectivity index (χ4n) is 13.9. The molecular weight excluding hydrogens is 1550 g/mol. The summed E-state index contributed by atoms with van der Waals surface area (Å²) < 4.78 is 46.9. The Hall–Kier alpha value is -6.55. The summed E-state index contributed by atoms with van der Waals surface area (Å²) in [4.78, 5) is 141. The zero-order valence-electron chi connectivity index (χ0n) is 69.1. The number of carbonyl (C=O) groups excluding carboxylic acids is 11. The molecule has 118 heavy (non-hydrogen) atoms. The molecule has 4 aliphatic rings. The number of nitrogens with one attached hydrogen (secondary N) is 10. The summed E-state index contributed by atoms with van der Waals surface area (Å²) in [6.45, 7) is 3.82. The lowest BCUT2D eigenvalue weighted by Crippen LogP contribution is -2.64. The Bertz CT molecular complexity index is 2690. The summed E-state index contributed by atoms with van der Waals surface area (Å²) in [6.07, 6.45) is -2.21. The summed E-state index contributed by atoms with van der Waals surface area (Å²) in [5.74, 6) is -4.15. The number of ether oxygens (including phenoxy) is 8. The van der Waals surface area contributed by atoms with Crippen LogP contribution in [0.3, 0.4) is 0 Å². The normalized spacial score (nSPS) is 24.8. The molecule has 0 aromatic rings. The van der Waals surface area contributed by atoms with Crippen molar-refractivity contribution in [3.05, 3.63) is 0 Å². The SMILES string of the molecule is CC(=O)NC1C(OCCCCC(=O)NCCCNC(=O)CCOCC(COCCC(=O)NCCCNC(=O)CCCCOC2OC(CO)C(O)C(O)C2NC(C)=O)(COCCC(=O)NCCCNC(=O)CCCCOC2OC(CO)C(O)C(O)C2NC(C)=O)NC(=O)CCCCCCCCCCC(=O)N2CCC(O)C2)CC(CO)C(O)C1O. The van der Waals surface area contributed by atoms with Crippen molar-refractivity contribution in [2.45, 2.75) is 291 Å². The molecule has 16 atom stereocenters. The first-order chi connectivity index (χ1) is 56.6. The fraction of sp³-hybridized carbons (Fsp3) is 0.859. The van der Waals surface area contributed by atoms with E-state index in [1.165, 1.54) is 20.8 Å². The molecule has 680 valence electrons. The van der Waals surface area contributed by atoms with Gasteiger partial charge in [0.05, 0.1) is 77.2 Å². The molecule has 0 aromatic carbocycles. The highest BCUT2D eigenvalue weighted by Gasteiger charge is 2.48. The van der Waals surface area contributed by atoms with E-state index in [9.17, 15) is 104 Å². The van der Waals surface area contributed by atoms with Crippen LogP contribution in [0, 0.1) is 5.92 Å². The van der Waals surface area contributed by atoms with Crippen molar-refractivity contribution < 1.29 is 142 Å². The molecule has 3 saturated heterocycles. The molecule has 0 bridgehead atoms. The van der Waals surface area contributed by atoms with Gasteiger partial charge in [0.15, 0.2) is 12.6 Å². The smallest absolute Gasteiger partial charge is 0.222 e. The number of unbranched alkanes of at least 4 members (excludes halogenated alkanes) is 10. The van der Waals surface area contributed by atoms with Crippen LogP contribution in [0.1, 0.15) is 194 Å². The number of aliphatic hydroxyl groups excluding tert-OH is 10. The molecule has 4 fully saturated rings. The molecule has 40 heteroatoms. The van der Waals surface area contributed by atoms with Crippen LogP contribution in [0.25, 0.3) is 0 Å². The highest BCUT2D eigenvalue weighted by Crippen LogP contribution is 2.29. The molecule has 0 radical (unpaired) electrons. The third-order valence-electron chi connectivity index (χ3n) is 20.5. The van der Waals surface area contributed by atoms with Crippen LogP contribution in [-0.2, 0) is 90.6 Å². The van der Waals surface area contributed by atoms with Crippen LogP contribution in [0.2, 0.25) is 0 Å². The van der Waals surface area contributed by atoms with Gasteiger partial charge in [-0.15, -0.1) is 0 Å². The van der Waals surface area contributed by atoms with Crippen molar-refractivity contribution in [3.8, 4) is 0 Å². The van der Waals surface area contributed by atoms with Gasteiger partial charge in [0, 0.05) is 157 Å². The van der Waals surface area contributed by atoms with Gasteiger partial charge in [0.25, 0.3) is 0 Å². The highest BCUT2D eigenvalue weighted by molar-refractivity contribution is 5.79. The molecule has 0 aromatic heterocycles. The van der Waals surface area contributed by atoms with E-state index in [2.05, 4.69) is 53.2 Å². The van der Waals surface area contributed by atoms with Crippen LogP contribution >= 0.6 is 0 Å². The van der Waals surface area contributed by atoms with E-state index in [-0.39, 0.29) is 204 Å². The molecular formula is C78H139N11O29. The number of aliphatic hydroxyl groups is 10. The predicted octanol–water partition coefficient (Wildman–Crippen LogP) is -4.52. The molecule has 3 heterocycles. The van der Waals surface area contributed by atoms with Crippen molar-refractivity contribution in [1.82, 2.24) is 58.1 Å². The van der Waals surface area contributed by atoms with Crippen molar-refractivity contribution >= 4 is 65.0 Å². The lowest BCUT2D eigenvalue weighted by atomic mass is 9.79. The van der Waals surface area contributed by atoms with E-state index in [0.29, 0.717) is 90.1 Å². The van der Waals surface area contributed by atoms with E-state index in [4.69, 9.17) is 37.9 Å². The molecule has 1 aliphatic carbocycles. The number of rotatable bonds is 63. The summed E-state index contributed by atoms with van der Waals surface area (Å²) in [6, 6.07) is -3.06. The van der Waals surface area contributed by atoms with E-state index in [1.807, 2.05) is 0 Å². The number of β-amino-alcohol motifs (C(OH)–C–C–N with tert-alkyl or cyclic N) is 1. The van der Waals surface area contributed by atoms with Crippen molar-refractivity contribution in [3.63, 3.8) is 0 Å². The zero-order valence-corrected chi connectivity index (χ0v) is 69.1. The van der Waals surface area contributed by atoms with Gasteiger partial charge in [-0.1, -0.05) is 38.5 Å². The Morgan fingerprint density at radius 2 is 0.712 bits per heavy atom. The van der Waals surface area contributed by atoms with E-state index in [0.717, 1.165) is 44.9 Å². The molecule has 20 N–H and O–H groups in total. The molecule has 4 rings (SSSR count). The largest absolute Gasteiger partial charge is 0.396 e. The standard InChI is InChI=1S/C78H139N11O29/c1-51(93)85-67-56(43-54(45-90)70(105)73(67)108)114-37-15-12-21-59(97)79-30-18-33-82-62(100)27-40-111-48-78(88-65(103)24-10-8-6-4-5-7-9-11-25-66(104)89-36-26-55(96)44-89,49-112-41-28-63(101)83-34-19-31-80-60(98)22-13-16-38-115-76-68(86-52(2)94)74(109)71(106)57(46-91)117-76)50-113-42-29-64(102)84-35-20-32-81-61(99)23-14-17-39-116-77-69(87-53(3)95)75(110)72(107)58(47-92)118-77/h54-58,67-77,90-92,96,105-110H,4-50H2,1-3H3,(H,79,97)(H,80,98)(H,81,99)(H,82,100)(H,83,101)(H,84,102)(H,85,93)(H,86,94)(H,87,95)(H,88,103). The monoisotopic (exact) mass is 1690 g/mol. The Balaban J connectivity index is 1.29. The maximum absolute atomic E-state index is 14.0. The quantitative estimate of drug-likeness (QED) is 0.0255. The molecule has 16 unspecified atom stereocenters. The predicted molar refractivity (Wildman–Crippen MR) is 421 cm³/mol. The van der Waals surface area contributed by atoms with Gasteiger partial charge in [-0.3, -0.25) is 52.7 Å². The number of likely N-dealkylation sites (tertiary alicyclic amines) is 1. The highest BCUT2D eigenvalue weighted by atomic mass is 16.7. The van der Waals surface area contributed by atoms with Crippen LogP contribution in [0.15, 0.2) is 0 Å². The maximum atomic E-state index is 14.0. The van der Waals surface area contributed by atoms with Gasteiger partial charge in [-0.25, -0.2) is 0 Å². The average Bonchev–Trinajstić information content (AvgIpc) is 0.845. The van der Waals surface area contributed by atoms with Gasteiger partial charge in [-0.05, 0) is 83.5 Å². The average molecular weight is 1700 g/mol. The van der Waals surface area contributed by atoms with Crippen LogP contribution in [0.5, 0.6) is 0 Å². The lowest BCUT2D eigenvalue weighted by molar-refractivity contribution is -0.270. The third-order valence-corrected chi connectivity index (χ3v) is 20.5. The molecule has 11 amide bonds. The van der Waals surface area contributed by atoms with Crippen LogP contribution in [-0.4, -0.2) is 350 Å². The number of hydrogen-bond acceptors (Lipinski definition) is 29. The molecule has 1 saturated carbocycles. The topological polar surface area (TPSA) is 587 Å². The minimum Gasteiger partial charge on any atom is -0.396 e. The van der Waals surface area contributed by atoms with Crippen LogP contribution < -0.4 is 53.2 Å². The number of nitrogens with zero attached hydrogens (tertiary/aromatic N) is 1. The number of carbonyl (C=O) groups is 11. The van der Waals surface area contributed by atoms with Gasteiger partial charge in [0.1, 0.15) is 60.4 Å². The molecule has 3 aliphatic heterocycles. The van der Waals surface area contributed by atoms with Crippen LogP contribution in [0.4, 0.5) is 0 Å². The van der Waals surface area contributed by atoms with Crippen molar-refractivity contribution in [2.75, 3.05) is 132 Å². The second-order valence-electron chi connectivity index (χ2n) is 30.8. The second-order valence-corrected chi connectivity index (χ2v) is 30.8. The Morgan fingerprint density at radius 1 is 0.373 bits per heavy atom. The number of amides is 11. The first-order valence-electron chi connectivity index (χ1n) is 42.1. The Morgan fingerprint density at radius 3 is 1.08 bits per heavy atom. The minimum absolute atomic E-state index is 0.0661. The van der Waals surface area contributed by atoms with Crippen molar-refractivity contribution in [1.29, 1.82) is 0 Å². The van der Waals surface area contributed by atoms with E-state index < -0.39 is 134 Å². The molecule has 0 spiro atoms. The lowest BCUT2D eigenvalue weighted by Gasteiger charge is -2.42. The first kappa shape index (κ1) is 104. The Kier molecular flexibility index (Phi) is 52.8. The summed E-state index contributed by atoms with van der Waals surface area (Å²) in [5.41, 5.74) is -1.42. The van der Waals surface area contributed by atoms with E-state index >= 15 is 0 Å².